The molecule has 0 saturated heterocycles. The number of amides is 1. The van der Waals surface area contributed by atoms with Crippen molar-refractivity contribution in [2.24, 2.45) is 0 Å². The number of carbonyl (C=O) groups is 1. The lowest BCUT2D eigenvalue weighted by Gasteiger charge is -2.24. The first-order chi connectivity index (χ1) is 18.1. The molecule has 0 aliphatic carbocycles. The molecule has 39 heavy (non-hydrogen) atoms. The van der Waals surface area contributed by atoms with E-state index >= 15 is 0 Å². The minimum absolute atomic E-state index is 0. The van der Waals surface area contributed by atoms with Gasteiger partial charge in [0, 0.05) is 36.0 Å². The zero-order chi connectivity index (χ0) is 27.3. The van der Waals surface area contributed by atoms with Gasteiger partial charge >= 0.3 is 6.18 Å². The zero-order valence-electron chi connectivity index (χ0n) is 21.5. The Kier molecular flexibility index (Phi) is 9.83. The fourth-order valence-electron chi connectivity index (χ4n) is 4.21. The number of aliphatic hydroxyl groups is 1. The molecule has 0 spiro atoms. The SMILES string of the molecule is CC(C)Oc1ccc(C(=CC=CC(=O)Nc2cccc3c2CC(O)CN3)c2ccc(C(F)(F)F)cc2)cc1.Cl. The number of benzene rings is 3. The topological polar surface area (TPSA) is 70.6 Å². The predicted molar refractivity (Wildman–Crippen MR) is 150 cm³/mol. The van der Waals surface area contributed by atoms with E-state index in [-0.39, 0.29) is 24.4 Å². The van der Waals surface area contributed by atoms with Gasteiger partial charge in [0.1, 0.15) is 5.75 Å². The van der Waals surface area contributed by atoms with Gasteiger partial charge in [-0.05, 0) is 66.9 Å². The summed E-state index contributed by atoms with van der Waals surface area (Å²) in [5, 5.41) is 16.0. The molecular formula is C30H30ClF3N2O3. The molecule has 5 nitrogen and oxygen atoms in total. The molecule has 3 aromatic rings. The molecule has 0 saturated carbocycles. The number of allylic oxidation sites excluding steroid dienone is 2. The first kappa shape index (κ1) is 29.8. The number of nitrogens with one attached hydrogen (secondary N) is 2. The van der Waals surface area contributed by atoms with E-state index in [1.54, 1.807) is 30.4 Å². The fraction of sp³-hybridized carbons (Fsp3) is 0.233. The molecule has 0 radical (unpaired) electrons. The minimum atomic E-state index is -4.43. The number of hydrogen-bond donors (Lipinski definition) is 3. The van der Waals surface area contributed by atoms with Gasteiger partial charge in [-0.1, -0.05) is 42.5 Å². The number of β-amino-alcohol motifs (C(OH)–C–C–N with tert-alkyl or cyclic N) is 1. The molecule has 1 unspecified atom stereocenters. The summed E-state index contributed by atoms with van der Waals surface area (Å²) in [6, 6.07) is 17.6. The van der Waals surface area contributed by atoms with Gasteiger partial charge in [-0.2, -0.15) is 13.2 Å². The molecule has 3 aromatic carbocycles. The molecule has 1 heterocycles. The summed E-state index contributed by atoms with van der Waals surface area (Å²) in [6.45, 7) is 4.29. The Morgan fingerprint density at radius 1 is 1.05 bits per heavy atom. The Labute approximate surface area is 231 Å². The van der Waals surface area contributed by atoms with Crippen molar-refractivity contribution in [1.29, 1.82) is 0 Å². The van der Waals surface area contributed by atoms with Crippen molar-refractivity contribution in [3.8, 4) is 5.75 Å². The van der Waals surface area contributed by atoms with Crippen LogP contribution >= 0.6 is 12.4 Å². The average Bonchev–Trinajstić information content (AvgIpc) is 2.87. The van der Waals surface area contributed by atoms with Crippen molar-refractivity contribution in [3.63, 3.8) is 0 Å². The predicted octanol–water partition coefficient (Wildman–Crippen LogP) is 6.87. The van der Waals surface area contributed by atoms with Gasteiger partial charge in [-0.3, -0.25) is 4.79 Å². The van der Waals surface area contributed by atoms with E-state index in [4.69, 9.17) is 4.74 Å². The quantitative estimate of drug-likeness (QED) is 0.219. The van der Waals surface area contributed by atoms with E-state index < -0.39 is 17.8 Å². The Hall–Kier alpha value is -3.75. The molecule has 1 aliphatic heterocycles. The second-order valence-electron chi connectivity index (χ2n) is 9.27. The van der Waals surface area contributed by atoms with Crippen molar-refractivity contribution >= 4 is 35.3 Å². The van der Waals surface area contributed by atoms with Crippen LogP contribution in [-0.2, 0) is 17.4 Å². The van der Waals surface area contributed by atoms with E-state index in [0.29, 0.717) is 35.5 Å². The second-order valence-corrected chi connectivity index (χ2v) is 9.27. The van der Waals surface area contributed by atoms with Crippen LogP contribution in [0.5, 0.6) is 5.75 Å². The maximum atomic E-state index is 13.1. The van der Waals surface area contributed by atoms with Crippen LogP contribution < -0.4 is 15.4 Å². The third kappa shape index (κ3) is 7.88. The summed E-state index contributed by atoms with van der Waals surface area (Å²) in [5.74, 6) is 0.304. The van der Waals surface area contributed by atoms with Crippen molar-refractivity contribution < 1.29 is 27.8 Å². The van der Waals surface area contributed by atoms with E-state index in [2.05, 4.69) is 10.6 Å². The molecular weight excluding hydrogens is 529 g/mol. The van der Waals surface area contributed by atoms with Gasteiger partial charge < -0.3 is 20.5 Å². The summed E-state index contributed by atoms with van der Waals surface area (Å²) in [7, 11) is 0. The number of fused-ring (bicyclic) bond motifs is 1. The van der Waals surface area contributed by atoms with E-state index in [0.717, 1.165) is 28.9 Å². The van der Waals surface area contributed by atoms with Crippen LogP contribution in [0.25, 0.3) is 5.57 Å². The zero-order valence-corrected chi connectivity index (χ0v) is 22.3. The molecule has 3 N–H and O–H groups in total. The van der Waals surface area contributed by atoms with Crippen molar-refractivity contribution in [2.75, 3.05) is 17.2 Å². The molecule has 0 fully saturated rings. The van der Waals surface area contributed by atoms with Crippen LogP contribution in [0.4, 0.5) is 24.5 Å². The molecule has 1 aliphatic rings. The van der Waals surface area contributed by atoms with Gasteiger partial charge in [0.05, 0.1) is 17.8 Å². The van der Waals surface area contributed by atoms with Gasteiger partial charge in [0.2, 0.25) is 5.91 Å². The lowest BCUT2D eigenvalue weighted by molar-refractivity contribution is -0.137. The van der Waals surface area contributed by atoms with E-state index in [1.807, 2.05) is 38.1 Å². The van der Waals surface area contributed by atoms with Crippen molar-refractivity contribution in [3.05, 3.63) is 107 Å². The van der Waals surface area contributed by atoms with Crippen LogP contribution in [0.2, 0.25) is 0 Å². The summed E-state index contributed by atoms with van der Waals surface area (Å²) < 4.78 is 45.0. The maximum absolute atomic E-state index is 13.1. The third-order valence-corrected chi connectivity index (χ3v) is 5.97. The third-order valence-electron chi connectivity index (χ3n) is 5.97. The molecule has 1 atom stereocenters. The molecule has 1 amide bonds. The normalized spacial score (nSPS) is 15.4. The Bertz CT molecular complexity index is 1340. The summed E-state index contributed by atoms with van der Waals surface area (Å²) in [5.41, 5.74) is 3.53. The first-order valence-corrected chi connectivity index (χ1v) is 12.3. The number of hydrogen-bond acceptors (Lipinski definition) is 4. The second kappa shape index (κ2) is 12.9. The van der Waals surface area contributed by atoms with Crippen LogP contribution in [0, 0.1) is 0 Å². The first-order valence-electron chi connectivity index (χ1n) is 12.3. The number of rotatable bonds is 7. The molecule has 0 bridgehead atoms. The monoisotopic (exact) mass is 558 g/mol. The number of aliphatic hydroxyl groups excluding tert-OH is 1. The Morgan fingerprint density at radius 2 is 1.69 bits per heavy atom. The van der Waals surface area contributed by atoms with Crippen molar-refractivity contribution in [1.82, 2.24) is 0 Å². The summed E-state index contributed by atoms with van der Waals surface area (Å²) >= 11 is 0. The lowest BCUT2D eigenvalue weighted by Crippen LogP contribution is -2.28. The highest BCUT2D eigenvalue weighted by atomic mass is 35.5. The van der Waals surface area contributed by atoms with Crippen molar-refractivity contribution in [2.45, 2.75) is 38.7 Å². The highest BCUT2D eigenvalue weighted by Crippen LogP contribution is 2.32. The highest BCUT2D eigenvalue weighted by Gasteiger charge is 2.30. The lowest BCUT2D eigenvalue weighted by atomic mass is 9.96. The molecule has 4 rings (SSSR count). The van der Waals surface area contributed by atoms with E-state index in [9.17, 15) is 23.1 Å². The van der Waals surface area contributed by atoms with Gasteiger partial charge in [-0.25, -0.2) is 0 Å². The number of halogens is 4. The standard InChI is InChI=1S/C30H29F3N2O3.ClH/c1-19(2)38-24-15-11-21(12-16-24)25(20-9-13-22(14-10-20)30(31,32)33)5-3-8-29(37)35-28-7-4-6-27-26(28)17-23(36)18-34-27;/h3-16,19,23,34,36H,17-18H2,1-2H3,(H,35,37);1H. The smallest absolute Gasteiger partial charge is 0.416 e. The van der Waals surface area contributed by atoms with Crippen LogP contribution in [0.1, 0.15) is 36.1 Å². The van der Waals surface area contributed by atoms with Crippen LogP contribution in [0.3, 0.4) is 0 Å². The fourth-order valence-corrected chi connectivity index (χ4v) is 4.21. The molecule has 9 heteroatoms. The molecule has 0 aromatic heterocycles. The number of anilines is 2. The molecule has 206 valence electrons. The van der Waals surface area contributed by atoms with Gasteiger partial charge in [0.25, 0.3) is 0 Å². The number of ether oxygens (including phenoxy) is 1. The average molecular weight is 559 g/mol. The minimum Gasteiger partial charge on any atom is -0.491 e. The largest absolute Gasteiger partial charge is 0.491 e. The van der Waals surface area contributed by atoms with E-state index in [1.165, 1.54) is 18.2 Å². The highest BCUT2D eigenvalue weighted by molar-refractivity contribution is 6.00. The Balaban J connectivity index is 0.00000420. The number of carbonyl (C=O) groups excluding carboxylic acids is 1. The summed E-state index contributed by atoms with van der Waals surface area (Å²) in [6.07, 6.45) is 0.0568. The van der Waals surface area contributed by atoms with Crippen LogP contribution in [-0.4, -0.2) is 29.8 Å². The maximum Gasteiger partial charge on any atom is 0.416 e. The van der Waals surface area contributed by atoms with Gasteiger partial charge in [-0.15, -0.1) is 12.4 Å². The number of alkyl halides is 3. The summed E-state index contributed by atoms with van der Waals surface area (Å²) in [4.78, 5) is 12.7. The van der Waals surface area contributed by atoms with Crippen LogP contribution in [0.15, 0.2) is 85.0 Å². The Morgan fingerprint density at radius 3 is 2.31 bits per heavy atom. The van der Waals surface area contributed by atoms with Gasteiger partial charge in [0.15, 0.2) is 0 Å².